The van der Waals surface area contributed by atoms with Crippen molar-refractivity contribution in [2.75, 3.05) is 0 Å². The Labute approximate surface area is 83.9 Å². The molecule has 0 radical (unpaired) electrons. The maximum Gasteiger partial charge on any atom is 0.0375 e. The molecule has 0 amide bonds. The van der Waals surface area contributed by atoms with Crippen LogP contribution < -0.4 is 0 Å². The van der Waals surface area contributed by atoms with E-state index in [0.29, 0.717) is 5.69 Å². The first-order valence-corrected chi connectivity index (χ1v) is 4.53. The summed E-state index contributed by atoms with van der Waals surface area (Å²) in [5.41, 5.74) is 9.88. The zero-order valence-electron chi connectivity index (χ0n) is 6.18. The molecule has 0 atom stereocenters. The summed E-state index contributed by atoms with van der Waals surface area (Å²) in [6, 6.07) is 7.37. The molecule has 12 heavy (non-hydrogen) atoms. The van der Waals surface area contributed by atoms with E-state index in [9.17, 15) is 0 Å². The number of benzene rings is 1. The molecule has 0 aromatic heterocycles. The van der Waals surface area contributed by atoms with E-state index in [-0.39, 0.29) is 0 Å². The molecule has 0 aliphatic carbocycles. The summed E-state index contributed by atoms with van der Waals surface area (Å²) in [4.78, 5) is 2.69. The van der Waals surface area contributed by atoms with Gasteiger partial charge >= 0.3 is 0 Å². The van der Waals surface area contributed by atoms with Crippen molar-refractivity contribution in [1.29, 1.82) is 0 Å². The van der Waals surface area contributed by atoms with Crippen molar-refractivity contribution in [3.8, 4) is 0 Å². The second-order valence-electron chi connectivity index (χ2n) is 2.07. The summed E-state index contributed by atoms with van der Waals surface area (Å²) >= 11 is 2.15. The quantitative estimate of drug-likeness (QED) is 0.337. The van der Waals surface area contributed by atoms with Gasteiger partial charge in [0.1, 0.15) is 0 Å². The SMILES string of the molecule is [N-]=[N+]=Nc1ccc(/C=C/I)cc1. The van der Waals surface area contributed by atoms with Crippen molar-refractivity contribution in [3.63, 3.8) is 0 Å². The van der Waals surface area contributed by atoms with E-state index in [1.807, 2.05) is 22.3 Å². The number of azide groups is 1. The highest BCUT2D eigenvalue weighted by atomic mass is 127. The molecule has 1 aromatic rings. The van der Waals surface area contributed by atoms with Crippen molar-refractivity contribution in [1.82, 2.24) is 0 Å². The third kappa shape index (κ3) is 2.56. The van der Waals surface area contributed by atoms with Crippen LogP contribution >= 0.6 is 22.6 Å². The Morgan fingerprint density at radius 1 is 1.33 bits per heavy atom. The fraction of sp³-hybridized carbons (Fsp3) is 0. The minimum atomic E-state index is 0.642. The van der Waals surface area contributed by atoms with E-state index < -0.39 is 0 Å². The Morgan fingerprint density at radius 2 is 2.00 bits per heavy atom. The van der Waals surface area contributed by atoms with Gasteiger partial charge in [-0.3, -0.25) is 0 Å². The molecule has 0 spiro atoms. The minimum absolute atomic E-state index is 0.642. The minimum Gasteiger partial charge on any atom is -0.0608 e. The zero-order chi connectivity index (χ0) is 8.81. The average Bonchev–Trinajstić information content (AvgIpc) is 2.09. The molecular formula is C8H6IN3. The van der Waals surface area contributed by atoms with E-state index >= 15 is 0 Å². The maximum absolute atomic E-state index is 8.14. The third-order valence-corrected chi connectivity index (χ3v) is 1.67. The van der Waals surface area contributed by atoms with E-state index in [2.05, 4.69) is 32.6 Å². The number of hydrogen-bond acceptors (Lipinski definition) is 1. The van der Waals surface area contributed by atoms with Gasteiger partial charge in [-0.05, 0) is 21.3 Å². The molecule has 0 unspecified atom stereocenters. The fourth-order valence-corrected chi connectivity index (χ4v) is 1.19. The molecule has 1 aromatic carbocycles. The standard InChI is InChI=1S/C8H6IN3/c9-6-5-7-1-3-8(4-2-7)11-12-10/h1-6H/b6-5+. The molecule has 0 saturated carbocycles. The summed E-state index contributed by atoms with van der Waals surface area (Å²) in [7, 11) is 0. The van der Waals surface area contributed by atoms with Gasteiger partial charge in [0, 0.05) is 10.6 Å². The van der Waals surface area contributed by atoms with Crippen LogP contribution in [0, 0.1) is 0 Å². The first kappa shape index (κ1) is 9.09. The molecule has 3 nitrogen and oxygen atoms in total. The number of rotatable bonds is 2. The van der Waals surface area contributed by atoms with Gasteiger partial charge in [0.15, 0.2) is 0 Å². The second-order valence-corrected chi connectivity index (χ2v) is 2.79. The van der Waals surface area contributed by atoms with Gasteiger partial charge in [-0.25, -0.2) is 0 Å². The molecule has 0 aliphatic heterocycles. The van der Waals surface area contributed by atoms with Gasteiger partial charge in [-0.15, -0.1) is 0 Å². The Kier molecular flexibility index (Phi) is 3.63. The molecule has 0 saturated heterocycles. The van der Waals surface area contributed by atoms with Crippen LogP contribution in [0.15, 0.2) is 33.5 Å². The highest BCUT2D eigenvalue weighted by molar-refractivity contribution is 14.1. The van der Waals surface area contributed by atoms with Crippen LogP contribution in [0.4, 0.5) is 5.69 Å². The number of hydrogen-bond donors (Lipinski definition) is 0. The zero-order valence-corrected chi connectivity index (χ0v) is 8.34. The van der Waals surface area contributed by atoms with Gasteiger partial charge in [0.2, 0.25) is 0 Å². The molecule has 0 heterocycles. The van der Waals surface area contributed by atoms with E-state index in [1.165, 1.54) is 0 Å². The molecular weight excluding hydrogens is 265 g/mol. The summed E-state index contributed by atoms with van der Waals surface area (Å²) < 4.78 is 1.93. The van der Waals surface area contributed by atoms with E-state index in [1.54, 1.807) is 12.1 Å². The van der Waals surface area contributed by atoms with Crippen molar-refractivity contribution in [3.05, 3.63) is 44.4 Å². The first-order valence-electron chi connectivity index (χ1n) is 3.29. The van der Waals surface area contributed by atoms with Gasteiger partial charge in [0.25, 0.3) is 0 Å². The lowest BCUT2D eigenvalue weighted by atomic mass is 10.2. The van der Waals surface area contributed by atoms with Crippen LogP contribution in [0.2, 0.25) is 0 Å². The first-order chi connectivity index (χ1) is 5.86. The highest BCUT2D eigenvalue weighted by Crippen LogP contribution is 2.14. The Morgan fingerprint density at radius 3 is 2.50 bits per heavy atom. The molecule has 60 valence electrons. The monoisotopic (exact) mass is 271 g/mol. The summed E-state index contributed by atoms with van der Waals surface area (Å²) in [5.74, 6) is 0. The van der Waals surface area contributed by atoms with Crippen LogP contribution in [0.5, 0.6) is 0 Å². The lowest BCUT2D eigenvalue weighted by Crippen LogP contribution is -1.67. The van der Waals surface area contributed by atoms with Crippen LogP contribution in [0.3, 0.4) is 0 Å². The average molecular weight is 271 g/mol. The predicted octanol–water partition coefficient (Wildman–Crippen LogP) is 4.03. The normalized spacial score (nSPS) is 9.75. The third-order valence-electron chi connectivity index (χ3n) is 1.31. The molecule has 0 fully saturated rings. The van der Waals surface area contributed by atoms with Crippen LogP contribution in [0.1, 0.15) is 5.56 Å². The van der Waals surface area contributed by atoms with Crippen molar-refractivity contribution < 1.29 is 0 Å². The van der Waals surface area contributed by atoms with Gasteiger partial charge in [0.05, 0.1) is 0 Å². The molecule has 0 N–H and O–H groups in total. The lowest BCUT2D eigenvalue weighted by Gasteiger charge is -1.92. The number of nitrogens with zero attached hydrogens (tertiary/aromatic N) is 3. The van der Waals surface area contributed by atoms with Crippen LogP contribution in [-0.2, 0) is 0 Å². The van der Waals surface area contributed by atoms with Crippen LogP contribution in [-0.4, -0.2) is 0 Å². The van der Waals surface area contributed by atoms with E-state index in [0.717, 1.165) is 5.56 Å². The topological polar surface area (TPSA) is 48.8 Å². The highest BCUT2D eigenvalue weighted by Gasteiger charge is 1.87. The maximum atomic E-state index is 8.14. The fourth-order valence-electron chi connectivity index (χ4n) is 0.776. The molecule has 4 heteroatoms. The second kappa shape index (κ2) is 4.79. The van der Waals surface area contributed by atoms with Crippen molar-refractivity contribution >= 4 is 34.4 Å². The summed E-state index contributed by atoms with van der Waals surface area (Å²) in [6.45, 7) is 0. The van der Waals surface area contributed by atoms with Crippen molar-refractivity contribution in [2.24, 2.45) is 5.11 Å². The largest absolute Gasteiger partial charge is 0.0608 e. The van der Waals surface area contributed by atoms with Gasteiger partial charge < -0.3 is 0 Å². The predicted molar refractivity (Wildman–Crippen MR) is 58.3 cm³/mol. The molecule has 0 bridgehead atoms. The van der Waals surface area contributed by atoms with Gasteiger partial charge in [-0.2, -0.15) is 0 Å². The number of halogens is 1. The summed E-state index contributed by atoms with van der Waals surface area (Å²) in [6.07, 6.45) is 1.97. The van der Waals surface area contributed by atoms with E-state index in [4.69, 9.17) is 5.53 Å². The van der Waals surface area contributed by atoms with Crippen molar-refractivity contribution in [2.45, 2.75) is 0 Å². The Hall–Kier alpha value is -1.000. The Bertz CT molecular complexity index is 323. The van der Waals surface area contributed by atoms with Gasteiger partial charge in [-0.1, -0.05) is 52.0 Å². The smallest absolute Gasteiger partial charge is 0.0375 e. The molecule has 1 rings (SSSR count). The Balaban J connectivity index is 2.92. The summed E-state index contributed by atoms with van der Waals surface area (Å²) in [5, 5.41) is 3.46. The van der Waals surface area contributed by atoms with Crippen LogP contribution in [0.25, 0.3) is 16.5 Å². The lowest BCUT2D eigenvalue weighted by molar-refractivity contribution is 1.47. The molecule has 0 aliphatic rings.